The van der Waals surface area contributed by atoms with Crippen LogP contribution in [0.15, 0.2) is 17.4 Å². The van der Waals surface area contributed by atoms with Gasteiger partial charge in [-0.15, -0.1) is 10.7 Å². The van der Waals surface area contributed by atoms with Crippen LogP contribution in [-0.2, 0) is 14.4 Å². The van der Waals surface area contributed by atoms with Crippen LogP contribution in [0.3, 0.4) is 0 Å². The van der Waals surface area contributed by atoms with Crippen molar-refractivity contribution in [3.05, 3.63) is 12.3 Å². The maximum Gasteiger partial charge on any atom is 0.183 e. The Hall–Kier alpha value is -1.65. The Bertz CT molecular complexity index is 208. The first-order chi connectivity index (χ1) is 5.29. The number of hydrogen-bond donors (Lipinski definition) is 1. The van der Waals surface area contributed by atoms with Gasteiger partial charge in [0.25, 0.3) is 0 Å². The molecule has 0 saturated carbocycles. The van der Waals surface area contributed by atoms with Crippen LogP contribution in [0.25, 0.3) is 0 Å². The molecule has 0 atom stereocenters. The van der Waals surface area contributed by atoms with Crippen molar-refractivity contribution in [3.8, 4) is 0 Å². The molecule has 0 unspecified atom stereocenters. The predicted molar refractivity (Wildman–Crippen MR) is 36.5 cm³/mol. The molecule has 5 heteroatoms. The summed E-state index contributed by atoms with van der Waals surface area (Å²) in [6.07, 6.45) is 3.15. The SMILES string of the molecule is O=C1C=CONN=CC(=O)C1. The summed E-state index contributed by atoms with van der Waals surface area (Å²) in [7, 11) is 0. The van der Waals surface area contributed by atoms with Gasteiger partial charge in [0.05, 0.1) is 12.6 Å². The lowest BCUT2D eigenvalue weighted by molar-refractivity contribution is -0.120. The summed E-state index contributed by atoms with van der Waals surface area (Å²) in [5.74, 6) is -0.650. The standard InChI is InChI=1S/C6H6N2O3/c9-5-1-2-11-8-7-4-6(10)3-5/h1-2,4,8H,3H2. The Morgan fingerprint density at radius 3 is 3.09 bits per heavy atom. The lowest BCUT2D eigenvalue weighted by atomic mass is 10.2. The molecule has 1 aliphatic rings. The number of hydrazone groups is 1. The van der Waals surface area contributed by atoms with Crippen molar-refractivity contribution >= 4 is 17.8 Å². The van der Waals surface area contributed by atoms with E-state index in [9.17, 15) is 9.59 Å². The number of nitrogens with one attached hydrogen (secondary N) is 1. The van der Waals surface area contributed by atoms with Gasteiger partial charge in [0, 0.05) is 6.08 Å². The van der Waals surface area contributed by atoms with E-state index in [1.165, 1.54) is 6.08 Å². The van der Waals surface area contributed by atoms with E-state index < -0.39 is 0 Å². The Kier molecular flexibility index (Phi) is 2.37. The van der Waals surface area contributed by atoms with Gasteiger partial charge in [-0.3, -0.25) is 9.59 Å². The zero-order chi connectivity index (χ0) is 8.10. The molecule has 0 saturated heterocycles. The zero-order valence-electron chi connectivity index (χ0n) is 5.61. The highest BCUT2D eigenvalue weighted by molar-refractivity contribution is 6.32. The van der Waals surface area contributed by atoms with Gasteiger partial charge in [-0.25, -0.2) is 0 Å². The summed E-state index contributed by atoms with van der Waals surface area (Å²) in [5.41, 5.74) is 2.09. The number of carbonyl (C=O) groups is 2. The third kappa shape index (κ3) is 2.61. The Labute approximate surface area is 62.7 Å². The van der Waals surface area contributed by atoms with Crippen molar-refractivity contribution < 1.29 is 14.4 Å². The monoisotopic (exact) mass is 154 g/mol. The highest BCUT2D eigenvalue weighted by Crippen LogP contribution is 1.88. The average Bonchev–Trinajstić information content (AvgIpc) is 2.02. The van der Waals surface area contributed by atoms with Crippen LogP contribution < -0.4 is 5.59 Å². The molecule has 0 aromatic heterocycles. The number of hydrogen-bond acceptors (Lipinski definition) is 5. The molecule has 58 valence electrons. The van der Waals surface area contributed by atoms with Crippen LogP contribution in [0.1, 0.15) is 6.42 Å². The highest BCUT2D eigenvalue weighted by atomic mass is 16.7. The Morgan fingerprint density at radius 2 is 2.27 bits per heavy atom. The molecule has 0 spiro atoms. The van der Waals surface area contributed by atoms with Gasteiger partial charge in [-0.05, 0) is 0 Å². The Morgan fingerprint density at radius 1 is 1.45 bits per heavy atom. The summed E-state index contributed by atoms with van der Waals surface area (Å²) < 4.78 is 0. The van der Waals surface area contributed by atoms with Crippen molar-refractivity contribution in [1.82, 2.24) is 5.59 Å². The number of ketones is 2. The quantitative estimate of drug-likeness (QED) is 0.480. The predicted octanol–water partition coefficient (Wildman–Crippen LogP) is -0.451. The molecule has 0 aromatic rings. The summed E-state index contributed by atoms with van der Waals surface area (Å²) in [4.78, 5) is 25.9. The second kappa shape index (κ2) is 3.50. The van der Waals surface area contributed by atoms with E-state index >= 15 is 0 Å². The fourth-order valence-corrected chi connectivity index (χ4v) is 0.545. The van der Waals surface area contributed by atoms with E-state index in [1.54, 1.807) is 0 Å². The van der Waals surface area contributed by atoms with Crippen LogP contribution in [0.5, 0.6) is 0 Å². The minimum atomic E-state index is -0.349. The smallest absolute Gasteiger partial charge is 0.183 e. The highest BCUT2D eigenvalue weighted by Gasteiger charge is 2.04. The van der Waals surface area contributed by atoms with Gasteiger partial charge in [0.1, 0.15) is 6.26 Å². The van der Waals surface area contributed by atoms with Gasteiger partial charge in [-0.1, -0.05) is 0 Å². The van der Waals surface area contributed by atoms with Crippen molar-refractivity contribution in [2.24, 2.45) is 5.10 Å². The average molecular weight is 154 g/mol. The molecule has 11 heavy (non-hydrogen) atoms. The zero-order valence-corrected chi connectivity index (χ0v) is 5.61. The van der Waals surface area contributed by atoms with Gasteiger partial charge in [-0.2, -0.15) is 0 Å². The third-order valence-corrected chi connectivity index (χ3v) is 0.984. The second-order valence-electron chi connectivity index (χ2n) is 1.88. The molecule has 0 radical (unpaired) electrons. The molecule has 0 aromatic carbocycles. The number of Topliss-reactive ketones (excluding diaryl/α,β-unsaturated/α-hetero) is 1. The lowest BCUT2D eigenvalue weighted by Gasteiger charge is -1.91. The second-order valence-corrected chi connectivity index (χ2v) is 1.88. The van der Waals surface area contributed by atoms with Gasteiger partial charge in [0.15, 0.2) is 11.6 Å². The minimum absolute atomic E-state index is 0.162. The van der Waals surface area contributed by atoms with Crippen LogP contribution in [0.2, 0.25) is 0 Å². The van der Waals surface area contributed by atoms with Crippen molar-refractivity contribution in [3.63, 3.8) is 0 Å². The van der Waals surface area contributed by atoms with E-state index in [-0.39, 0.29) is 18.0 Å². The molecule has 0 bridgehead atoms. The topological polar surface area (TPSA) is 67.8 Å². The maximum atomic E-state index is 10.7. The molecule has 1 aliphatic heterocycles. The number of nitrogens with zero attached hydrogens (tertiary/aromatic N) is 1. The number of carbonyl (C=O) groups excluding carboxylic acids is 2. The fourth-order valence-electron chi connectivity index (χ4n) is 0.545. The van der Waals surface area contributed by atoms with E-state index in [0.29, 0.717) is 0 Å². The molecule has 1 rings (SSSR count). The van der Waals surface area contributed by atoms with Crippen LogP contribution in [0.4, 0.5) is 0 Å². The third-order valence-electron chi connectivity index (χ3n) is 0.984. The van der Waals surface area contributed by atoms with Gasteiger partial charge in [0.2, 0.25) is 0 Å². The van der Waals surface area contributed by atoms with Gasteiger partial charge >= 0.3 is 0 Å². The van der Waals surface area contributed by atoms with E-state index in [0.717, 1.165) is 12.5 Å². The molecular formula is C6H6N2O3. The molecular weight excluding hydrogens is 148 g/mol. The van der Waals surface area contributed by atoms with Crippen LogP contribution in [0, 0.1) is 0 Å². The van der Waals surface area contributed by atoms with Crippen molar-refractivity contribution in [2.75, 3.05) is 0 Å². The van der Waals surface area contributed by atoms with Crippen LogP contribution >= 0.6 is 0 Å². The first-order valence-electron chi connectivity index (χ1n) is 2.95. The largest absolute Gasteiger partial charge is 0.373 e. The summed E-state index contributed by atoms with van der Waals surface area (Å²) in [6, 6.07) is 0. The summed E-state index contributed by atoms with van der Waals surface area (Å²) >= 11 is 0. The lowest BCUT2D eigenvalue weighted by Crippen LogP contribution is -2.07. The van der Waals surface area contributed by atoms with Crippen LogP contribution in [-0.4, -0.2) is 17.8 Å². The minimum Gasteiger partial charge on any atom is -0.373 e. The molecule has 0 fully saturated rings. The number of allylic oxidation sites excluding steroid dienone is 1. The molecule has 5 nitrogen and oxygen atoms in total. The first kappa shape index (κ1) is 7.46. The van der Waals surface area contributed by atoms with E-state index in [4.69, 9.17) is 0 Å². The summed E-state index contributed by atoms with van der Waals surface area (Å²) in [6.45, 7) is 0. The van der Waals surface area contributed by atoms with Gasteiger partial charge < -0.3 is 4.84 Å². The van der Waals surface area contributed by atoms with Crippen molar-refractivity contribution in [1.29, 1.82) is 0 Å². The molecule has 1 N–H and O–H groups in total. The normalized spacial score (nSPS) is 17.8. The maximum absolute atomic E-state index is 10.7. The van der Waals surface area contributed by atoms with E-state index in [1.807, 2.05) is 0 Å². The van der Waals surface area contributed by atoms with E-state index in [2.05, 4.69) is 15.5 Å². The molecule has 0 amide bonds. The first-order valence-corrected chi connectivity index (χ1v) is 2.95. The summed E-state index contributed by atoms with van der Waals surface area (Å²) in [5, 5.41) is 3.36. The fraction of sp³-hybridized carbons (Fsp3) is 0.167. The number of rotatable bonds is 0. The van der Waals surface area contributed by atoms with Crippen molar-refractivity contribution in [2.45, 2.75) is 6.42 Å². The Balaban J connectivity index is 2.66. The molecule has 1 heterocycles. The molecule has 0 aliphatic carbocycles.